The maximum absolute atomic E-state index is 11.7. The van der Waals surface area contributed by atoms with Gasteiger partial charge in [0.2, 0.25) is 29.7 Å². The Hall–Kier alpha value is -2.45. The number of rotatable bonds is 2. The van der Waals surface area contributed by atoms with Gasteiger partial charge < -0.3 is 15.5 Å². The van der Waals surface area contributed by atoms with E-state index < -0.39 is 6.04 Å². The lowest BCUT2D eigenvalue weighted by molar-refractivity contribution is -0.132. The summed E-state index contributed by atoms with van der Waals surface area (Å²) in [5, 5.41) is 2.28. The quantitative estimate of drug-likeness (QED) is 0.660. The van der Waals surface area contributed by atoms with E-state index in [1.807, 2.05) is 4.90 Å². The summed E-state index contributed by atoms with van der Waals surface area (Å²) in [5.74, 6) is 0.112. The summed E-state index contributed by atoms with van der Waals surface area (Å²) in [6.45, 7) is 3.46. The van der Waals surface area contributed by atoms with Crippen LogP contribution in [0.25, 0.3) is 0 Å². The van der Waals surface area contributed by atoms with Gasteiger partial charge >= 0.3 is 0 Å². The van der Waals surface area contributed by atoms with E-state index in [0.29, 0.717) is 5.95 Å². The van der Waals surface area contributed by atoms with E-state index in [9.17, 15) is 9.59 Å². The predicted molar refractivity (Wildman–Crippen MR) is 75.6 cm³/mol. The molecule has 2 aliphatic rings. The Labute approximate surface area is 121 Å². The Bertz CT molecular complexity index is 585. The highest BCUT2D eigenvalue weighted by molar-refractivity contribution is 6.04. The van der Waals surface area contributed by atoms with Crippen molar-refractivity contribution in [2.45, 2.75) is 25.8 Å². The molecule has 1 unspecified atom stereocenters. The number of anilines is 3. The summed E-state index contributed by atoms with van der Waals surface area (Å²) in [6, 6.07) is -0.532. The summed E-state index contributed by atoms with van der Waals surface area (Å²) < 4.78 is 0. The molecule has 1 aromatic rings. The Balaban J connectivity index is 1.93. The molecule has 3 rings (SSSR count). The maximum Gasteiger partial charge on any atom is 0.249 e. The van der Waals surface area contributed by atoms with Gasteiger partial charge in [-0.1, -0.05) is 0 Å². The van der Waals surface area contributed by atoms with Crippen LogP contribution in [0.15, 0.2) is 0 Å². The summed E-state index contributed by atoms with van der Waals surface area (Å²) in [6.07, 6.45) is 2.17. The third-order valence-corrected chi connectivity index (χ3v) is 3.70. The van der Waals surface area contributed by atoms with Crippen LogP contribution in [0.5, 0.6) is 0 Å². The molecule has 0 bridgehead atoms. The van der Waals surface area contributed by atoms with Crippen molar-refractivity contribution in [3.8, 4) is 0 Å². The number of nitrogen functional groups attached to an aromatic ring is 1. The predicted octanol–water partition coefficient (Wildman–Crippen LogP) is -1.09. The molecule has 112 valence electrons. The summed E-state index contributed by atoms with van der Waals surface area (Å²) in [4.78, 5) is 39.4. The number of carbonyl (C=O) groups is 2. The standard InChI is InChI=1S/C12H17N7O2/c1-7-9(21)14-8(20)6-19(7)12-16-10(13)15-11(17-12)18-4-2-3-5-18/h7H,2-6H2,1H3,(H,14,20,21)(H2,13,15,16,17). The lowest BCUT2D eigenvalue weighted by Gasteiger charge is -2.32. The Morgan fingerprint density at radius 3 is 2.52 bits per heavy atom. The molecule has 9 heteroatoms. The third-order valence-electron chi connectivity index (χ3n) is 3.70. The zero-order chi connectivity index (χ0) is 15.0. The van der Waals surface area contributed by atoms with Gasteiger partial charge in [0.1, 0.15) is 12.6 Å². The molecular weight excluding hydrogens is 274 g/mol. The molecule has 2 saturated heterocycles. The van der Waals surface area contributed by atoms with Crippen LogP contribution in [0.2, 0.25) is 0 Å². The maximum atomic E-state index is 11.7. The number of amides is 2. The normalized spacial score (nSPS) is 22.6. The number of aromatic nitrogens is 3. The first-order chi connectivity index (χ1) is 10.0. The zero-order valence-corrected chi connectivity index (χ0v) is 11.7. The molecule has 1 atom stereocenters. The van der Waals surface area contributed by atoms with Crippen LogP contribution in [0.1, 0.15) is 19.8 Å². The molecule has 1 aromatic heterocycles. The van der Waals surface area contributed by atoms with E-state index >= 15 is 0 Å². The van der Waals surface area contributed by atoms with Crippen molar-refractivity contribution < 1.29 is 9.59 Å². The fraction of sp³-hybridized carbons (Fsp3) is 0.583. The van der Waals surface area contributed by atoms with E-state index in [1.54, 1.807) is 11.8 Å². The van der Waals surface area contributed by atoms with Crippen molar-refractivity contribution in [1.29, 1.82) is 0 Å². The van der Waals surface area contributed by atoms with Crippen molar-refractivity contribution >= 4 is 29.7 Å². The van der Waals surface area contributed by atoms with E-state index in [-0.39, 0.29) is 30.3 Å². The average molecular weight is 291 g/mol. The minimum atomic E-state index is -0.532. The molecule has 0 aromatic carbocycles. The molecule has 2 amide bonds. The van der Waals surface area contributed by atoms with E-state index in [1.165, 1.54) is 0 Å². The van der Waals surface area contributed by atoms with Crippen molar-refractivity contribution in [2.75, 3.05) is 35.2 Å². The van der Waals surface area contributed by atoms with Crippen LogP contribution in [0, 0.1) is 0 Å². The monoisotopic (exact) mass is 291 g/mol. The molecule has 0 aliphatic carbocycles. The van der Waals surface area contributed by atoms with Gasteiger partial charge in [0, 0.05) is 13.1 Å². The number of piperazine rings is 1. The van der Waals surface area contributed by atoms with Crippen LogP contribution < -0.4 is 20.9 Å². The number of carbonyl (C=O) groups excluding carboxylic acids is 2. The van der Waals surface area contributed by atoms with Crippen molar-refractivity contribution in [3.63, 3.8) is 0 Å². The first-order valence-corrected chi connectivity index (χ1v) is 6.91. The second-order valence-corrected chi connectivity index (χ2v) is 5.20. The third kappa shape index (κ3) is 2.58. The van der Waals surface area contributed by atoms with E-state index in [0.717, 1.165) is 25.9 Å². The number of hydrogen-bond acceptors (Lipinski definition) is 8. The molecule has 0 radical (unpaired) electrons. The molecular formula is C12H17N7O2. The van der Waals surface area contributed by atoms with Crippen LogP contribution in [0.3, 0.4) is 0 Å². The lowest BCUT2D eigenvalue weighted by Crippen LogP contribution is -2.57. The highest BCUT2D eigenvalue weighted by Gasteiger charge is 2.32. The molecule has 2 fully saturated rings. The molecule has 2 aliphatic heterocycles. The van der Waals surface area contributed by atoms with Gasteiger partial charge in [-0.25, -0.2) is 0 Å². The second-order valence-electron chi connectivity index (χ2n) is 5.20. The zero-order valence-electron chi connectivity index (χ0n) is 11.7. The lowest BCUT2D eigenvalue weighted by atomic mass is 10.2. The van der Waals surface area contributed by atoms with Crippen LogP contribution in [-0.4, -0.2) is 52.4 Å². The first-order valence-electron chi connectivity index (χ1n) is 6.91. The Morgan fingerprint density at radius 2 is 1.81 bits per heavy atom. The molecule has 3 heterocycles. The highest BCUT2D eigenvalue weighted by Crippen LogP contribution is 2.21. The van der Waals surface area contributed by atoms with Crippen molar-refractivity contribution in [1.82, 2.24) is 20.3 Å². The smallest absolute Gasteiger partial charge is 0.249 e. The van der Waals surface area contributed by atoms with Gasteiger partial charge in [0.15, 0.2) is 0 Å². The van der Waals surface area contributed by atoms with Gasteiger partial charge in [0.25, 0.3) is 0 Å². The number of nitrogens with two attached hydrogens (primary N) is 1. The van der Waals surface area contributed by atoms with Gasteiger partial charge in [0.05, 0.1) is 0 Å². The van der Waals surface area contributed by atoms with Crippen molar-refractivity contribution in [3.05, 3.63) is 0 Å². The van der Waals surface area contributed by atoms with Crippen LogP contribution in [0.4, 0.5) is 17.8 Å². The first kappa shape index (κ1) is 13.5. The largest absolute Gasteiger partial charge is 0.368 e. The number of hydrogen-bond donors (Lipinski definition) is 2. The summed E-state index contributed by atoms with van der Waals surface area (Å²) in [5.41, 5.74) is 5.75. The molecule has 21 heavy (non-hydrogen) atoms. The topological polar surface area (TPSA) is 117 Å². The van der Waals surface area contributed by atoms with Crippen molar-refractivity contribution in [2.24, 2.45) is 0 Å². The van der Waals surface area contributed by atoms with Crippen LogP contribution >= 0.6 is 0 Å². The fourth-order valence-electron chi connectivity index (χ4n) is 2.51. The molecule has 9 nitrogen and oxygen atoms in total. The van der Waals surface area contributed by atoms with E-state index in [4.69, 9.17) is 5.73 Å². The summed E-state index contributed by atoms with van der Waals surface area (Å²) in [7, 11) is 0. The molecule has 0 saturated carbocycles. The van der Waals surface area contributed by atoms with Gasteiger partial charge in [-0.05, 0) is 19.8 Å². The minimum absolute atomic E-state index is 0.0236. The summed E-state index contributed by atoms with van der Waals surface area (Å²) >= 11 is 0. The Morgan fingerprint density at radius 1 is 1.14 bits per heavy atom. The molecule has 3 N–H and O–H groups in total. The Kier molecular flexibility index (Phi) is 3.32. The number of imide groups is 1. The SMILES string of the molecule is CC1C(=O)NC(=O)CN1c1nc(N)nc(N2CCCC2)n1. The number of nitrogens with one attached hydrogen (secondary N) is 1. The van der Waals surface area contributed by atoms with Gasteiger partial charge in [-0.2, -0.15) is 15.0 Å². The fourth-order valence-corrected chi connectivity index (χ4v) is 2.51. The van der Waals surface area contributed by atoms with Gasteiger partial charge in [-0.15, -0.1) is 0 Å². The average Bonchev–Trinajstić information content (AvgIpc) is 2.96. The number of nitrogens with zero attached hydrogens (tertiary/aromatic N) is 5. The second kappa shape index (κ2) is 5.15. The highest BCUT2D eigenvalue weighted by atomic mass is 16.2. The minimum Gasteiger partial charge on any atom is -0.368 e. The van der Waals surface area contributed by atoms with E-state index in [2.05, 4.69) is 20.3 Å². The molecule has 0 spiro atoms. The van der Waals surface area contributed by atoms with Gasteiger partial charge in [-0.3, -0.25) is 14.9 Å². The van der Waals surface area contributed by atoms with Crippen LogP contribution in [-0.2, 0) is 9.59 Å².